The number of nitrogens with zero attached hydrogens (tertiary/aromatic N) is 5. The van der Waals surface area contributed by atoms with Gasteiger partial charge in [0.05, 0.1) is 6.54 Å². The number of alkyl halides is 2. The van der Waals surface area contributed by atoms with Crippen molar-refractivity contribution >= 4 is 0 Å². The summed E-state index contributed by atoms with van der Waals surface area (Å²) < 4.78 is 67.1. The van der Waals surface area contributed by atoms with Gasteiger partial charge in [0, 0.05) is 29.3 Å². The maximum atomic E-state index is 16.2. The molecule has 2 aromatic heterocycles. The Bertz CT molecular complexity index is 1210. The first-order valence-electron chi connectivity index (χ1n) is 11.1. The summed E-state index contributed by atoms with van der Waals surface area (Å²) in [6.45, 7) is -0.793. The normalized spacial score (nSPS) is 27.4. The second-order valence-electron chi connectivity index (χ2n) is 9.86. The molecule has 2 heterocycles. The third-order valence-corrected chi connectivity index (χ3v) is 7.54. The topological polar surface area (TPSA) is 86.0 Å². The summed E-state index contributed by atoms with van der Waals surface area (Å²) in [6.07, 6.45) is 5.27. The second-order valence-corrected chi connectivity index (χ2v) is 9.86. The number of hydrogen-bond donors (Lipinski definition) is 1. The molecular weight excluding hydrogens is 454 g/mol. The number of benzene rings is 1. The number of ether oxygens (including phenoxy) is 1. The molecule has 34 heavy (non-hydrogen) atoms. The summed E-state index contributed by atoms with van der Waals surface area (Å²) in [4.78, 5) is 4.31. The van der Waals surface area contributed by atoms with Crippen LogP contribution in [0.5, 0.6) is 5.88 Å². The highest BCUT2D eigenvalue weighted by molar-refractivity contribution is 5.42. The minimum absolute atomic E-state index is 0.109. The number of aliphatic hydroxyl groups is 1. The molecule has 0 spiro atoms. The Morgan fingerprint density at radius 3 is 2.47 bits per heavy atom. The molecule has 11 heteroatoms. The molecule has 2 bridgehead atoms. The molecule has 1 N–H and O–H groups in total. The molecule has 1 atom stereocenters. The van der Waals surface area contributed by atoms with E-state index in [4.69, 9.17) is 4.74 Å². The van der Waals surface area contributed by atoms with Crippen LogP contribution in [0.1, 0.15) is 43.2 Å². The monoisotopic (exact) mass is 475 g/mol. The van der Waals surface area contributed by atoms with Gasteiger partial charge < -0.3 is 9.84 Å². The van der Waals surface area contributed by atoms with Crippen molar-refractivity contribution in [2.45, 2.75) is 61.7 Å². The molecule has 7 nitrogen and oxygen atoms in total. The number of rotatable bonds is 8. The molecule has 7 rings (SSSR count). The first-order valence-corrected chi connectivity index (χ1v) is 11.1. The Hall–Kier alpha value is -3.08. The molecule has 0 saturated heterocycles. The minimum atomic E-state index is -3.76. The Morgan fingerprint density at radius 2 is 1.88 bits per heavy atom. The number of tetrazole rings is 1. The fourth-order valence-electron chi connectivity index (χ4n) is 5.65. The lowest BCUT2D eigenvalue weighted by Gasteiger charge is -2.74. The molecule has 4 fully saturated rings. The van der Waals surface area contributed by atoms with E-state index < -0.39 is 46.1 Å². The predicted molar refractivity (Wildman–Crippen MR) is 109 cm³/mol. The van der Waals surface area contributed by atoms with Crippen molar-refractivity contribution in [3.05, 3.63) is 65.6 Å². The predicted octanol–water partition coefficient (Wildman–Crippen LogP) is 3.53. The summed E-state index contributed by atoms with van der Waals surface area (Å²) in [5, 5.41) is 21.8. The molecule has 3 aromatic rings. The fraction of sp³-hybridized carbons (Fsp3) is 0.478. The molecule has 0 radical (unpaired) electrons. The Kier molecular flexibility index (Phi) is 4.40. The lowest BCUT2D eigenvalue weighted by molar-refractivity contribution is -0.347. The number of aromatic nitrogens is 5. The summed E-state index contributed by atoms with van der Waals surface area (Å²) in [5.74, 6) is -5.43. The molecule has 4 aliphatic rings. The smallest absolute Gasteiger partial charge is 0.287 e. The first-order chi connectivity index (χ1) is 16.2. The van der Waals surface area contributed by atoms with Gasteiger partial charge in [-0.3, -0.25) is 0 Å². The number of hydrogen-bond acceptors (Lipinski definition) is 6. The van der Waals surface area contributed by atoms with Gasteiger partial charge in [0.1, 0.15) is 24.1 Å². The van der Waals surface area contributed by atoms with Crippen LogP contribution in [0.15, 0.2) is 42.9 Å². The average Bonchev–Trinajstić information content (AvgIpc) is 3.39. The van der Waals surface area contributed by atoms with Gasteiger partial charge in [-0.05, 0) is 65.6 Å². The van der Waals surface area contributed by atoms with Crippen molar-refractivity contribution in [1.29, 1.82) is 0 Å². The van der Waals surface area contributed by atoms with Crippen LogP contribution < -0.4 is 4.74 Å². The molecule has 178 valence electrons. The van der Waals surface area contributed by atoms with E-state index >= 15 is 8.78 Å². The summed E-state index contributed by atoms with van der Waals surface area (Å²) in [5.41, 5.74) is -4.86. The molecule has 0 unspecified atom stereocenters. The van der Waals surface area contributed by atoms with Crippen LogP contribution in [-0.4, -0.2) is 42.3 Å². The van der Waals surface area contributed by atoms with E-state index in [1.807, 2.05) is 6.07 Å². The molecule has 0 aliphatic heterocycles. The van der Waals surface area contributed by atoms with Crippen molar-refractivity contribution in [3.63, 3.8) is 0 Å². The van der Waals surface area contributed by atoms with E-state index in [0.717, 1.165) is 41.5 Å². The first kappa shape index (κ1) is 21.5. The fourth-order valence-corrected chi connectivity index (χ4v) is 5.65. The highest BCUT2D eigenvalue weighted by atomic mass is 19.3. The molecule has 4 aliphatic carbocycles. The number of pyridine rings is 1. The average molecular weight is 475 g/mol. The highest BCUT2D eigenvalue weighted by Crippen LogP contribution is 2.80. The Labute approximate surface area is 191 Å². The van der Waals surface area contributed by atoms with Gasteiger partial charge in [0.15, 0.2) is 5.60 Å². The Balaban J connectivity index is 1.29. The third-order valence-electron chi connectivity index (χ3n) is 7.54. The third kappa shape index (κ3) is 2.98. The maximum absolute atomic E-state index is 16.2. The van der Waals surface area contributed by atoms with Crippen molar-refractivity contribution in [1.82, 2.24) is 25.2 Å². The molecular formula is C23H21F4N5O2. The quantitative estimate of drug-likeness (QED) is 0.502. The van der Waals surface area contributed by atoms with Crippen LogP contribution in [0.25, 0.3) is 0 Å². The standard InChI is InChI=1S/C23H21F4N5O2/c24-15-2-5-17(18(25)7-15)22(33,12-32-13-29-30-31-32)23(26,27)21-9-20(10-21,11-21)14-1-6-19(28-8-14)34-16-3-4-16/h1-2,5-8,13,16,33H,3-4,9-12H2/t20?,21?,22-/m1/s1. The molecule has 4 saturated carbocycles. The van der Waals surface area contributed by atoms with E-state index in [-0.39, 0.29) is 25.4 Å². The van der Waals surface area contributed by atoms with E-state index in [2.05, 4.69) is 20.5 Å². The van der Waals surface area contributed by atoms with Gasteiger partial charge in [0.25, 0.3) is 5.92 Å². The lowest BCUT2D eigenvalue weighted by atomic mass is 9.30. The minimum Gasteiger partial charge on any atom is -0.474 e. The van der Waals surface area contributed by atoms with E-state index in [1.165, 1.54) is 0 Å². The van der Waals surface area contributed by atoms with Gasteiger partial charge >= 0.3 is 0 Å². The zero-order chi connectivity index (χ0) is 23.8. The van der Waals surface area contributed by atoms with Gasteiger partial charge in [-0.2, -0.15) is 0 Å². The van der Waals surface area contributed by atoms with E-state index in [1.54, 1.807) is 12.3 Å². The van der Waals surface area contributed by atoms with Gasteiger partial charge in [-0.25, -0.2) is 27.2 Å². The van der Waals surface area contributed by atoms with Gasteiger partial charge in [0.2, 0.25) is 5.88 Å². The SMILES string of the molecule is O[C@](Cn1cnnn1)(c1ccc(F)cc1F)C(F)(F)C12CC(c3ccc(OC4CC4)nc3)(C1)C2. The van der Waals surface area contributed by atoms with E-state index in [0.29, 0.717) is 11.9 Å². The summed E-state index contributed by atoms with van der Waals surface area (Å²) >= 11 is 0. The lowest BCUT2D eigenvalue weighted by Crippen LogP contribution is -2.76. The largest absolute Gasteiger partial charge is 0.474 e. The zero-order valence-corrected chi connectivity index (χ0v) is 18.0. The van der Waals surface area contributed by atoms with Crippen LogP contribution in [0.4, 0.5) is 17.6 Å². The van der Waals surface area contributed by atoms with Crippen molar-refractivity contribution in [2.75, 3.05) is 0 Å². The second kappa shape index (κ2) is 6.97. The van der Waals surface area contributed by atoms with Crippen molar-refractivity contribution in [2.24, 2.45) is 5.41 Å². The zero-order valence-electron chi connectivity index (χ0n) is 18.0. The van der Waals surface area contributed by atoms with Crippen LogP contribution in [0, 0.1) is 17.0 Å². The molecule has 0 amide bonds. The van der Waals surface area contributed by atoms with Gasteiger partial charge in [-0.1, -0.05) is 6.07 Å². The van der Waals surface area contributed by atoms with E-state index in [9.17, 15) is 13.9 Å². The van der Waals surface area contributed by atoms with Crippen molar-refractivity contribution in [3.8, 4) is 5.88 Å². The Morgan fingerprint density at radius 1 is 1.12 bits per heavy atom. The highest BCUT2D eigenvalue weighted by Gasteiger charge is 2.82. The summed E-state index contributed by atoms with van der Waals surface area (Å²) in [6, 6.07) is 5.78. The molecule has 1 aromatic carbocycles. The van der Waals surface area contributed by atoms with Crippen LogP contribution in [-0.2, 0) is 17.6 Å². The van der Waals surface area contributed by atoms with Crippen LogP contribution >= 0.6 is 0 Å². The van der Waals surface area contributed by atoms with Crippen LogP contribution in [0.3, 0.4) is 0 Å². The summed E-state index contributed by atoms with van der Waals surface area (Å²) in [7, 11) is 0. The number of halogens is 4. The van der Waals surface area contributed by atoms with Crippen LogP contribution in [0.2, 0.25) is 0 Å². The van der Waals surface area contributed by atoms with Gasteiger partial charge in [-0.15, -0.1) is 5.10 Å². The maximum Gasteiger partial charge on any atom is 0.287 e. The van der Waals surface area contributed by atoms with Crippen molar-refractivity contribution < 1.29 is 27.4 Å².